The zero-order chi connectivity index (χ0) is 17.9. The topological polar surface area (TPSA) is 60.9 Å². The maximum absolute atomic E-state index is 13.9. The maximum atomic E-state index is 13.9. The molecule has 5 nitrogen and oxygen atoms in total. The van der Waals surface area contributed by atoms with Gasteiger partial charge in [-0.2, -0.15) is 0 Å². The molecule has 24 heavy (non-hydrogen) atoms. The van der Waals surface area contributed by atoms with E-state index in [9.17, 15) is 18.4 Å². The van der Waals surface area contributed by atoms with Crippen LogP contribution in [0.4, 0.5) is 8.78 Å². The highest BCUT2D eigenvalue weighted by Gasteiger charge is 2.26. The van der Waals surface area contributed by atoms with Gasteiger partial charge in [-0.05, 0) is 44.9 Å². The molecule has 0 bridgehead atoms. The largest absolute Gasteiger partial charge is 0.480 e. The fourth-order valence-electron chi connectivity index (χ4n) is 3.06. The van der Waals surface area contributed by atoms with Gasteiger partial charge in [-0.3, -0.25) is 14.5 Å². The second-order valence-corrected chi connectivity index (χ2v) is 6.27. The van der Waals surface area contributed by atoms with Crippen molar-refractivity contribution in [2.24, 2.45) is 0 Å². The third-order valence-electron chi connectivity index (χ3n) is 4.47. The van der Waals surface area contributed by atoms with Crippen molar-refractivity contribution in [3.8, 4) is 0 Å². The molecule has 1 aliphatic heterocycles. The number of hydrogen-bond acceptors (Lipinski definition) is 3. The van der Waals surface area contributed by atoms with E-state index in [2.05, 4.69) is 0 Å². The molecule has 1 atom stereocenters. The van der Waals surface area contributed by atoms with Crippen LogP contribution in [0.1, 0.15) is 35.2 Å². The predicted molar refractivity (Wildman–Crippen MR) is 84.9 cm³/mol. The number of nitrogens with zero attached hydrogens (tertiary/aromatic N) is 2. The van der Waals surface area contributed by atoms with Crippen molar-refractivity contribution in [2.75, 3.05) is 26.7 Å². The zero-order valence-electron chi connectivity index (χ0n) is 13.9. The van der Waals surface area contributed by atoms with E-state index < -0.39 is 23.5 Å². The van der Waals surface area contributed by atoms with Crippen molar-refractivity contribution < 1.29 is 23.5 Å². The van der Waals surface area contributed by atoms with Crippen LogP contribution < -0.4 is 0 Å². The number of halogens is 2. The van der Waals surface area contributed by atoms with Crippen LogP contribution in [0.25, 0.3) is 0 Å². The number of carboxylic acids is 1. The monoisotopic (exact) mass is 340 g/mol. The molecular weight excluding hydrogens is 318 g/mol. The van der Waals surface area contributed by atoms with Gasteiger partial charge in [-0.1, -0.05) is 0 Å². The van der Waals surface area contributed by atoms with Crippen molar-refractivity contribution in [3.05, 3.63) is 34.9 Å². The van der Waals surface area contributed by atoms with Crippen molar-refractivity contribution >= 4 is 11.9 Å². The summed E-state index contributed by atoms with van der Waals surface area (Å²) in [5.41, 5.74) is 0.111. The van der Waals surface area contributed by atoms with Gasteiger partial charge >= 0.3 is 5.97 Å². The minimum Gasteiger partial charge on any atom is -0.480 e. The molecule has 2 rings (SSSR count). The van der Waals surface area contributed by atoms with Gasteiger partial charge in [0.25, 0.3) is 5.91 Å². The van der Waals surface area contributed by atoms with Crippen LogP contribution in [0.5, 0.6) is 0 Å². The Morgan fingerprint density at radius 1 is 1.25 bits per heavy atom. The summed E-state index contributed by atoms with van der Waals surface area (Å²) in [6.45, 7) is 2.34. The summed E-state index contributed by atoms with van der Waals surface area (Å²) in [5.74, 6) is -2.86. The van der Waals surface area contributed by atoms with Gasteiger partial charge in [-0.15, -0.1) is 0 Å². The van der Waals surface area contributed by atoms with Crippen molar-refractivity contribution in [1.29, 1.82) is 0 Å². The predicted octanol–water partition coefficient (Wildman–Crippen LogP) is 2.28. The first-order chi connectivity index (χ1) is 11.3. The average Bonchev–Trinajstić information content (AvgIpc) is 2.75. The lowest BCUT2D eigenvalue weighted by Gasteiger charge is -2.25. The van der Waals surface area contributed by atoms with E-state index in [-0.39, 0.29) is 23.7 Å². The SMILES string of the molecule is Cc1cc(C(=O)N2CCCC(N(C)CC(=O)O)CC2)c(F)cc1F. The summed E-state index contributed by atoms with van der Waals surface area (Å²) in [5, 5.41) is 8.87. The molecule has 1 amide bonds. The molecule has 1 N–H and O–H groups in total. The summed E-state index contributed by atoms with van der Waals surface area (Å²) in [4.78, 5) is 26.7. The van der Waals surface area contributed by atoms with Crippen LogP contribution in [0.2, 0.25) is 0 Å². The molecule has 1 saturated heterocycles. The van der Waals surface area contributed by atoms with Gasteiger partial charge in [0, 0.05) is 25.2 Å². The lowest BCUT2D eigenvalue weighted by Crippen LogP contribution is -2.37. The molecule has 7 heteroatoms. The number of likely N-dealkylation sites (tertiary alicyclic amines) is 1. The van der Waals surface area contributed by atoms with E-state index in [1.54, 1.807) is 16.8 Å². The molecule has 0 saturated carbocycles. The number of amides is 1. The highest BCUT2D eigenvalue weighted by atomic mass is 19.1. The Hall–Kier alpha value is -2.02. The lowest BCUT2D eigenvalue weighted by molar-refractivity contribution is -0.138. The lowest BCUT2D eigenvalue weighted by atomic mass is 10.1. The molecule has 132 valence electrons. The second kappa shape index (κ2) is 7.70. The molecule has 0 aromatic heterocycles. The van der Waals surface area contributed by atoms with Gasteiger partial charge in [0.05, 0.1) is 12.1 Å². The van der Waals surface area contributed by atoms with Gasteiger partial charge < -0.3 is 10.0 Å². The molecule has 0 spiro atoms. The Morgan fingerprint density at radius 2 is 1.96 bits per heavy atom. The van der Waals surface area contributed by atoms with Crippen LogP contribution >= 0.6 is 0 Å². The number of aryl methyl sites for hydroxylation is 1. The minimum absolute atomic E-state index is 0.0512. The van der Waals surface area contributed by atoms with E-state index in [1.165, 1.54) is 13.0 Å². The molecule has 1 unspecified atom stereocenters. The van der Waals surface area contributed by atoms with Crippen LogP contribution in [0.3, 0.4) is 0 Å². The van der Waals surface area contributed by atoms with Crippen LogP contribution in [-0.4, -0.2) is 59.5 Å². The standard InChI is InChI=1S/C17H22F2N2O3/c1-11-8-13(15(19)9-14(11)18)17(24)21-6-3-4-12(5-7-21)20(2)10-16(22)23/h8-9,12H,3-7,10H2,1-2H3,(H,22,23). The van der Waals surface area contributed by atoms with E-state index in [1.807, 2.05) is 0 Å². The van der Waals surface area contributed by atoms with E-state index in [4.69, 9.17) is 5.11 Å². The van der Waals surface area contributed by atoms with Crippen molar-refractivity contribution in [3.63, 3.8) is 0 Å². The molecule has 1 aromatic carbocycles. The fraction of sp³-hybridized carbons (Fsp3) is 0.529. The highest BCUT2D eigenvalue weighted by molar-refractivity contribution is 5.94. The van der Waals surface area contributed by atoms with Crippen LogP contribution in [0.15, 0.2) is 12.1 Å². The third kappa shape index (κ3) is 4.29. The summed E-state index contributed by atoms with van der Waals surface area (Å²) in [6, 6.07) is 2.05. The van der Waals surface area contributed by atoms with E-state index in [0.29, 0.717) is 25.9 Å². The number of benzene rings is 1. The molecule has 1 heterocycles. The molecule has 0 aliphatic carbocycles. The Kier molecular flexibility index (Phi) is 5.88. The number of carbonyl (C=O) groups excluding carboxylic acids is 1. The Labute approximate surface area is 139 Å². The molecule has 1 aromatic rings. The normalized spacial score (nSPS) is 18.5. The highest BCUT2D eigenvalue weighted by Crippen LogP contribution is 2.20. The summed E-state index contributed by atoms with van der Waals surface area (Å²) in [7, 11) is 1.75. The summed E-state index contributed by atoms with van der Waals surface area (Å²) in [6.07, 6.45) is 2.11. The van der Waals surface area contributed by atoms with Crippen molar-refractivity contribution in [2.45, 2.75) is 32.2 Å². The quantitative estimate of drug-likeness (QED) is 0.914. The summed E-state index contributed by atoms with van der Waals surface area (Å²) >= 11 is 0. The Bertz CT molecular complexity index is 637. The molecule has 0 radical (unpaired) electrons. The number of carbonyl (C=O) groups is 2. The zero-order valence-corrected chi connectivity index (χ0v) is 13.9. The number of likely N-dealkylation sites (N-methyl/N-ethyl adjacent to an activating group) is 1. The number of rotatable bonds is 4. The number of hydrogen-bond donors (Lipinski definition) is 1. The maximum Gasteiger partial charge on any atom is 0.317 e. The number of carboxylic acid groups (broad SMARTS) is 1. The molecular formula is C17H22F2N2O3. The first kappa shape index (κ1) is 18.3. The van der Waals surface area contributed by atoms with Gasteiger partial charge in [-0.25, -0.2) is 8.78 Å². The average molecular weight is 340 g/mol. The van der Waals surface area contributed by atoms with Gasteiger partial charge in [0.15, 0.2) is 0 Å². The fourth-order valence-corrected chi connectivity index (χ4v) is 3.06. The molecule has 1 fully saturated rings. The summed E-state index contributed by atoms with van der Waals surface area (Å²) < 4.78 is 27.3. The van der Waals surface area contributed by atoms with Gasteiger partial charge in [0.1, 0.15) is 11.6 Å². The van der Waals surface area contributed by atoms with Crippen LogP contribution in [-0.2, 0) is 4.79 Å². The third-order valence-corrected chi connectivity index (χ3v) is 4.47. The van der Waals surface area contributed by atoms with Crippen molar-refractivity contribution in [1.82, 2.24) is 9.80 Å². The Balaban J connectivity index is 2.07. The Morgan fingerprint density at radius 3 is 2.62 bits per heavy atom. The second-order valence-electron chi connectivity index (χ2n) is 6.27. The van der Waals surface area contributed by atoms with Crippen LogP contribution in [0, 0.1) is 18.6 Å². The molecule has 1 aliphatic rings. The van der Waals surface area contributed by atoms with Gasteiger partial charge in [0.2, 0.25) is 0 Å². The number of aliphatic carboxylic acids is 1. The first-order valence-electron chi connectivity index (χ1n) is 7.96. The smallest absolute Gasteiger partial charge is 0.317 e. The van der Waals surface area contributed by atoms with E-state index >= 15 is 0 Å². The van der Waals surface area contributed by atoms with E-state index in [0.717, 1.165) is 12.5 Å². The minimum atomic E-state index is -0.890. The first-order valence-corrected chi connectivity index (χ1v) is 7.96.